The zero-order valence-electron chi connectivity index (χ0n) is 13.9. The maximum absolute atomic E-state index is 11.5. The summed E-state index contributed by atoms with van der Waals surface area (Å²) in [5.41, 5.74) is 1.76. The number of aliphatic hydroxyl groups is 1. The summed E-state index contributed by atoms with van der Waals surface area (Å²) < 4.78 is 0. The molecule has 5 heteroatoms. The van der Waals surface area contributed by atoms with Crippen LogP contribution in [0.25, 0.3) is 0 Å². The minimum Gasteiger partial charge on any atom is -0.389 e. The van der Waals surface area contributed by atoms with Gasteiger partial charge in [0.05, 0.1) is 15.6 Å². The Labute approximate surface area is 155 Å². The summed E-state index contributed by atoms with van der Waals surface area (Å²) in [6.45, 7) is 0.974. The lowest BCUT2D eigenvalue weighted by molar-refractivity contribution is -0.0887. The number of halogens is 3. The van der Waals surface area contributed by atoms with Crippen molar-refractivity contribution in [1.29, 1.82) is 0 Å². The SMILES string of the molecule is CN(C)CC[C@]12CCCC[C@@]1(O)CCc1cc(Cl)c(Cl)cc12.Cl. The van der Waals surface area contributed by atoms with Gasteiger partial charge in [-0.3, -0.25) is 0 Å². The smallest absolute Gasteiger partial charge is 0.0747 e. The van der Waals surface area contributed by atoms with E-state index in [1.807, 2.05) is 12.1 Å². The van der Waals surface area contributed by atoms with Gasteiger partial charge in [-0.05, 0) is 76.0 Å². The molecular weight excluding hydrogens is 353 g/mol. The molecule has 0 heterocycles. The molecule has 1 aromatic carbocycles. The Morgan fingerprint density at radius 3 is 2.43 bits per heavy atom. The van der Waals surface area contributed by atoms with E-state index in [-0.39, 0.29) is 17.8 Å². The fourth-order valence-corrected chi connectivity index (χ4v) is 4.90. The van der Waals surface area contributed by atoms with E-state index in [4.69, 9.17) is 23.2 Å². The van der Waals surface area contributed by atoms with Gasteiger partial charge in [0.2, 0.25) is 0 Å². The summed E-state index contributed by atoms with van der Waals surface area (Å²) in [6.07, 6.45) is 6.95. The molecule has 0 saturated heterocycles. The molecule has 2 atom stereocenters. The molecule has 0 aromatic heterocycles. The van der Waals surface area contributed by atoms with Gasteiger partial charge in [-0.15, -0.1) is 12.4 Å². The van der Waals surface area contributed by atoms with E-state index >= 15 is 0 Å². The summed E-state index contributed by atoms with van der Waals surface area (Å²) in [7, 11) is 4.19. The average Bonchev–Trinajstić information content (AvgIpc) is 2.47. The molecule has 0 aliphatic heterocycles. The van der Waals surface area contributed by atoms with Crippen molar-refractivity contribution in [3.8, 4) is 0 Å². The number of benzene rings is 1. The Morgan fingerprint density at radius 1 is 1.09 bits per heavy atom. The van der Waals surface area contributed by atoms with Crippen LogP contribution in [0.1, 0.15) is 49.7 Å². The molecule has 1 N–H and O–H groups in total. The minimum absolute atomic E-state index is 0. The average molecular weight is 379 g/mol. The third-order valence-corrected chi connectivity index (χ3v) is 6.51. The zero-order chi connectivity index (χ0) is 16.0. The maximum Gasteiger partial charge on any atom is 0.0747 e. The van der Waals surface area contributed by atoms with Gasteiger partial charge in [0.1, 0.15) is 0 Å². The Kier molecular flexibility index (Phi) is 5.96. The summed E-state index contributed by atoms with van der Waals surface area (Å²) in [6, 6.07) is 4.05. The molecule has 3 rings (SSSR count). The van der Waals surface area contributed by atoms with Crippen molar-refractivity contribution in [2.75, 3.05) is 20.6 Å². The molecule has 1 saturated carbocycles. The lowest BCUT2D eigenvalue weighted by atomic mass is 9.53. The second-order valence-electron chi connectivity index (χ2n) is 7.30. The molecular formula is C18H26Cl3NO. The molecule has 2 nitrogen and oxygen atoms in total. The molecule has 0 bridgehead atoms. The number of fused-ring (bicyclic) bond motifs is 3. The van der Waals surface area contributed by atoms with Gasteiger partial charge < -0.3 is 10.0 Å². The van der Waals surface area contributed by atoms with E-state index in [0.29, 0.717) is 10.0 Å². The molecule has 0 spiro atoms. The van der Waals surface area contributed by atoms with Gasteiger partial charge in [-0.2, -0.15) is 0 Å². The van der Waals surface area contributed by atoms with Crippen molar-refractivity contribution < 1.29 is 5.11 Å². The van der Waals surface area contributed by atoms with Crippen LogP contribution in [0.2, 0.25) is 10.0 Å². The first-order chi connectivity index (χ1) is 10.4. The number of hydrogen-bond donors (Lipinski definition) is 1. The van der Waals surface area contributed by atoms with Gasteiger partial charge in [0.15, 0.2) is 0 Å². The van der Waals surface area contributed by atoms with Crippen LogP contribution in [0.5, 0.6) is 0 Å². The van der Waals surface area contributed by atoms with Gasteiger partial charge in [0, 0.05) is 5.41 Å². The van der Waals surface area contributed by atoms with Crippen LogP contribution in [-0.2, 0) is 11.8 Å². The lowest BCUT2D eigenvalue weighted by Crippen LogP contribution is -2.57. The standard InChI is InChI=1S/C18H25Cl2NO.ClH/c1-21(2)10-9-17-6-3-4-7-18(17,22)8-5-13-11-15(19)16(20)12-14(13)17;/h11-12,22H,3-10H2,1-2H3;1H/t17-,18+;/m0./s1. The van der Waals surface area contributed by atoms with Crippen LogP contribution in [0.15, 0.2) is 12.1 Å². The van der Waals surface area contributed by atoms with Crippen LogP contribution in [0.4, 0.5) is 0 Å². The van der Waals surface area contributed by atoms with Crippen molar-refractivity contribution in [2.45, 2.75) is 56.0 Å². The number of nitrogens with zero attached hydrogens (tertiary/aromatic N) is 1. The molecule has 0 unspecified atom stereocenters. The number of hydrogen-bond acceptors (Lipinski definition) is 2. The minimum atomic E-state index is -0.592. The summed E-state index contributed by atoms with van der Waals surface area (Å²) in [4.78, 5) is 2.20. The van der Waals surface area contributed by atoms with Crippen LogP contribution in [0.3, 0.4) is 0 Å². The fraction of sp³-hybridized carbons (Fsp3) is 0.667. The van der Waals surface area contributed by atoms with E-state index in [0.717, 1.165) is 45.1 Å². The molecule has 2 aliphatic carbocycles. The lowest BCUT2D eigenvalue weighted by Gasteiger charge is -2.55. The summed E-state index contributed by atoms with van der Waals surface area (Å²) in [5.74, 6) is 0. The number of rotatable bonds is 3. The van der Waals surface area contributed by atoms with Crippen LogP contribution in [0, 0.1) is 0 Å². The third kappa shape index (κ3) is 3.26. The van der Waals surface area contributed by atoms with E-state index in [1.54, 1.807) is 0 Å². The number of aryl methyl sites for hydroxylation is 1. The first-order valence-corrected chi connectivity index (χ1v) is 8.99. The van der Waals surface area contributed by atoms with E-state index < -0.39 is 5.60 Å². The molecule has 1 fully saturated rings. The first kappa shape index (κ1) is 19.3. The molecule has 1 aromatic rings. The van der Waals surface area contributed by atoms with Crippen molar-refractivity contribution >= 4 is 35.6 Å². The Bertz CT molecular complexity index is 578. The predicted octanol–water partition coefficient (Wildman–Crippen LogP) is 4.86. The molecule has 0 radical (unpaired) electrons. The van der Waals surface area contributed by atoms with Crippen molar-refractivity contribution in [1.82, 2.24) is 4.90 Å². The Morgan fingerprint density at radius 2 is 1.74 bits per heavy atom. The van der Waals surface area contributed by atoms with E-state index in [1.165, 1.54) is 17.5 Å². The normalized spacial score (nSPS) is 29.7. The van der Waals surface area contributed by atoms with Gasteiger partial charge >= 0.3 is 0 Å². The second kappa shape index (κ2) is 7.09. The van der Waals surface area contributed by atoms with Gasteiger partial charge in [0.25, 0.3) is 0 Å². The van der Waals surface area contributed by atoms with Crippen LogP contribution < -0.4 is 0 Å². The quantitative estimate of drug-likeness (QED) is 0.812. The van der Waals surface area contributed by atoms with Crippen molar-refractivity contribution in [2.24, 2.45) is 0 Å². The van der Waals surface area contributed by atoms with Crippen molar-refractivity contribution in [3.05, 3.63) is 33.3 Å². The molecule has 2 aliphatic rings. The highest BCUT2D eigenvalue weighted by atomic mass is 35.5. The molecule has 0 amide bonds. The van der Waals surface area contributed by atoms with E-state index in [2.05, 4.69) is 19.0 Å². The molecule has 130 valence electrons. The highest BCUT2D eigenvalue weighted by Gasteiger charge is 2.54. The molecule has 23 heavy (non-hydrogen) atoms. The highest BCUT2D eigenvalue weighted by molar-refractivity contribution is 6.42. The Hall–Kier alpha value is 0.01000. The zero-order valence-corrected chi connectivity index (χ0v) is 16.2. The summed E-state index contributed by atoms with van der Waals surface area (Å²) >= 11 is 12.5. The largest absolute Gasteiger partial charge is 0.389 e. The highest BCUT2D eigenvalue weighted by Crippen LogP contribution is 2.55. The third-order valence-electron chi connectivity index (χ3n) is 5.79. The second-order valence-corrected chi connectivity index (χ2v) is 8.11. The maximum atomic E-state index is 11.5. The van der Waals surface area contributed by atoms with Gasteiger partial charge in [-0.1, -0.05) is 36.0 Å². The Balaban J connectivity index is 0.00000192. The van der Waals surface area contributed by atoms with Crippen LogP contribution in [-0.4, -0.2) is 36.2 Å². The van der Waals surface area contributed by atoms with Crippen molar-refractivity contribution in [3.63, 3.8) is 0 Å². The summed E-state index contributed by atoms with van der Waals surface area (Å²) in [5, 5.41) is 12.7. The topological polar surface area (TPSA) is 23.5 Å². The van der Waals surface area contributed by atoms with Gasteiger partial charge in [-0.25, -0.2) is 0 Å². The monoisotopic (exact) mass is 377 g/mol. The van der Waals surface area contributed by atoms with Crippen LogP contribution >= 0.6 is 35.6 Å². The van der Waals surface area contributed by atoms with E-state index in [9.17, 15) is 5.11 Å². The predicted molar refractivity (Wildman–Crippen MR) is 100 cm³/mol. The fourth-order valence-electron chi connectivity index (χ4n) is 4.55. The first-order valence-electron chi connectivity index (χ1n) is 8.23.